The normalized spacial score (nSPS) is 11.5. The van der Waals surface area contributed by atoms with Crippen LogP contribution in [0.25, 0.3) is 11.3 Å². The summed E-state index contributed by atoms with van der Waals surface area (Å²) in [6, 6.07) is 16.8. The van der Waals surface area contributed by atoms with E-state index in [0.717, 1.165) is 23.4 Å². The van der Waals surface area contributed by atoms with Crippen LogP contribution in [-0.4, -0.2) is 9.97 Å². The number of alkyl halides is 3. The van der Waals surface area contributed by atoms with Gasteiger partial charge >= 0.3 is 6.18 Å². The number of hydrogen-bond donors (Lipinski definition) is 0. The number of halogens is 4. The van der Waals surface area contributed by atoms with Crippen molar-refractivity contribution in [1.29, 1.82) is 0 Å². The Morgan fingerprint density at radius 2 is 1.60 bits per heavy atom. The van der Waals surface area contributed by atoms with Gasteiger partial charge in [0.15, 0.2) is 5.16 Å². The zero-order valence-electron chi connectivity index (χ0n) is 12.8. The minimum atomic E-state index is -4.53. The Kier molecular flexibility index (Phi) is 5.30. The average Bonchev–Trinajstić information content (AvgIpc) is 2.61. The molecule has 0 atom stereocenters. The van der Waals surface area contributed by atoms with Crippen molar-refractivity contribution in [3.8, 4) is 11.3 Å². The van der Waals surface area contributed by atoms with Crippen molar-refractivity contribution >= 4 is 23.4 Å². The lowest BCUT2D eigenvalue weighted by Crippen LogP contribution is -2.10. The fraction of sp³-hybridized carbons (Fsp3) is 0.111. The Labute approximate surface area is 152 Å². The quantitative estimate of drug-likeness (QED) is 0.403. The van der Waals surface area contributed by atoms with Crippen molar-refractivity contribution in [2.75, 3.05) is 0 Å². The molecule has 0 unspecified atom stereocenters. The van der Waals surface area contributed by atoms with Crippen LogP contribution in [0.2, 0.25) is 5.02 Å². The van der Waals surface area contributed by atoms with Gasteiger partial charge in [0.05, 0.1) is 5.69 Å². The molecule has 1 aromatic heterocycles. The van der Waals surface area contributed by atoms with E-state index in [4.69, 9.17) is 11.6 Å². The van der Waals surface area contributed by atoms with Gasteiger partial charge in [0.25, 0.3) is 0 Å². The Balaban J connectivity index is 1.91. The van der Waals surface area contributed by atoms with Crippen LogP contribution in [0.1, 0.15) is 11.3 Å². The summed E-state index contributed by atoms with van der Waals surface area (Å²) in [5.74, 6) is 0.451. The van der Waals surface area contributed by atoms with E-state index in [1.807, 2.05) is 12.1 Å². The Bertz CT molecular complexity index is 852. The predicted molar refractivity (Wildman–Crippen MR) is 93.5 cm³/mol. The second kappa shape index (κ2) is 7.45. The zero-order chi connectivity index (χ0) is 17.9. The molecule has 25 heavy (non-hydrogen) atoms. The molecule has 0 fully saturated rings. The van der Waals surface area contributed by atoms with Crippen molar-refractivity contribution in [3.63, 3.8) is 0 Å². The molecule has 0 spiro atoms. The van der Waals surface area contributed by atoms with Crippen LogP contribution in [0.15, 0.2) is 65.8 Å². The highest BCUT2D eigenvalue weighted by Crippen LogP contribution is 2.32. The third kappa shape index (κ3) is 4.74. The van der Waals surface area contributed by atoms with Gasteiger partial charge in [0, 0.05) is 16.3 Å². The van der Waals surface area contributed by atoms with E-state index in [1.165, 1.54) is 0 Å². The summed E-state index contributed by atoms with van der Waals surface area (Å²) in [7, 11) is 0. The lowest BCUT2D eigenvalue weighted by molar-refractivity contribution is -0.141. The van der Waals surface area contributed by atoms with E-state index in [1.54, 1.807) is 42.5 Å². The molecule has 3 rings (SSSR count). The van der Waals surface area contributed by atoms with Crippen LogP contribution in [0.4, 0.5) is 13.2 Å². The maximum Gasteiger partial charge on any atom is 0.433 e. The van der Waals surface area contributed by atoms with Gasteiger partial charge in [-0.25, -0.2) is 9.97 Å². The highest BCUT2D eigenvalue weighted by molar-refractivity contribution is 7.98. The van der Waals surface area contributed by atoms with E-state index >= 15 is 0 Å². The van der Waals surface area contributed by atoms with Crippen LogP contribution in [0.5, 0.6) is 0 Å². The van der Waals surface area contributed by atoms with Gasteiger partial charge in [-0.15, -0.1) is 0 Å². The summed E-state index contributed by atoms with van der Waals surface area (Å²) in [5.41, 5.74) is 0.849. The van der Waals surface area contributed by atoms with Crippen molar-refractivity contribution in [2.45, 2.75) is 17.1 Å². The monoisotopic (exact) mass is 380 g/mol. The topological polar surface area (TPSA) is 25.8 Å². The van der Waals surface area contributed by atoms with Gasteiger partial charge in [0.1, 0.15) is 5.69 Å². The van der Waals surface area contributed by atoms with Crippen molar-refractivity contribution in [2.24, 2.45) is 0 Å². The number of benzene rings is 2. The molecule has 0 amide bonds. The molecule has 0 radical (unpaired) electrons. The van der Waals surface area contributed by atoms with Gasteiger partial charge < -0.3 is 0 Å². The fourth-order valence-electron chi connectivity index (χ4n) is 2.12. The van der Waals surface area contributed by atoms with Crippen LogP contribution in [0.3, 0.4) is 0 Å². The minimum Gasteiger partial charge on any atom is -0.222 e. The SMILES string of the molecule is FC(F)(F)c1cc(-c2ccccc2)nc(SCc2ccc(Cl)cc2)n1. The van der Waals surface area contributed by atoms with Crippen LogP contribution in [-0.2, 0) is 11.9 Å². The summed E-state index contributed by atoms with van der Waals surface area (Å²) >= 11 is 6.99. The second-order valence-electron chi connectivity index (χ2n) is 5.20. The highest BCUT2D eigenvalue weighted by atomic mass is 35.5. The molecule has 2 nitrogen and oxygen atoms in total. The van der Waals surface area contributed by atoms with Gasteiger partial charge in [-0.1, -0.05) is 65.8 Å². The molecule has 0 bridgehead atoms. The lowest BCUT2D eigenvalue weighted by atomic mass is 10.1. The number of nitrogens with zero attached hydrogens (tertiary/aromatic N) is 2. The van der Waals surface area contributed by atoms with Gasteiger partial charge in [-0.2, -0.15) is 13.2 Å². The molecule has 3 aromatic rings. The smallest absolute Gasteiger partial charge is 0.222 e. The number of rotatable bonds is 4. The number of aromatic nitrogens is 2. The van der Waals surface area contributed by atoms with E-state index in [-0.39, 0.29) is 10.9 Å². The molecule has 1 heterocycles. The number of thioether (sulfide) groups is 1. The minimum absolute atomic E-state index is 0.0867. The van der Waals surface area contributed by atoms with Crippen molar-refractivity contribution in [1.82, 2.24) is 9.97 Å². The summed E-state index contributed by atoms with van der Waals surface area (Å²) in [5, 5.41) is 0.694. The maximum absolute atomic E-state index is 13.2. The van der Waals surface area contributed by atoms with Crippen LogP contribution >= 0.6 is 23.4 Å². The lowest BCUT2D eigenvalue weighted by Gasteiger charge is -2.10. The highest BCUT2D eigenvalue weighted by Gasteiger charge is 2.33. The summed E-state index contributed by atoms with van der Waals surface area (Å²) in [6.07, 6.45) is -4.53. The first-order valence-electron chi connectivity index (χ1n) is 7.31. The standard InChI is InChI=1S/C18H12ClF3N2S/c19-14-8-6-12(7-9-14)11-25-17-23-15(13-4-2-1-3-5-13)10-16(24-17)18(20,21)22/h1-10H,11H2. The molecular formula is C18H12ClF3N2S. The Hall–Kier alpha value is -2.05. The molecular weight excluding hydrogens is 369 g/mol. The largest absolute Gasteiger partial charge is 0.433 e. The first-order valence-corrected chi connectivity index (χ1v) is 8.67. The van der Waals surface area contributed by atoms with Gasteiger partial charge in [-0.05, 0) is 23.8 Å². The maximum atomic E-state index is 13.2. The molecule has 0 N–H and O–H groups in total. The van der Waals surface area contributed by atoms with Crippen molar-refractivity contribution in [3.05, 3.63) is 76.9 Å². The van der Waals surface area contributed by atoms with Gasteiger partial charge in [0.2, 0.25) is 0 Å². The molecule has 128 valence electrons. The third-order valence-corrected chi connectivity index (χ3v) is 4.52. The first-order chi connectivity index (χ1) is 11.9. The van der Waals surface area contributed by atoms with Gasteiger partial charge in [-0.3, -0.25) is 0 Å². The summed E-state index contributed by atoms with van der Waals surface area (Å²) in [4.78, 5) is 7.94. The predicted octanol–water partition coefficient (Wildman–Crippen LogP) is 6.11. The molecule has 0 saturated heterocycles. The third-order valence-electron chi connectivity index (χ3n) is 3.35. The molecule has 0 saturated carbocycles. The van der Waals surface area contributed by atoms with Crippen LogP contribution < -0.4 is 0 Å². The summed E-state index contributed by atoms with van der Waals surface area (Å²) < 4.78 is 39.5. The van der Waals surface area contributed by atoms with Crippen LogP contribution in [0, 0.1) is 0 Å². The Morgan fingerprint density at radius 1 is 0.920 bits per heavy atom. The van der Waals surface area contributed by atoms with E-state index < -0.39 is 11.9 Å². The second-order valence-corrected chi connectivity index (χ2v) is 6.58. The fourth-order valence-corrected chi connectivity index (χ4v) is 3.06. The average molecular weight is 381 g/mol. The van der Waals surface area contributed by atoms with E-state index in [2.05, 4.69) is 9.97 Å². The molecule has 0 aliphatic carbocycles. The molecule has 7 heteroatoms. The first kappa shape index (κ1) is 17.8. The Morgan fingerprint density at radius 3 is 2.24 bits per heavy atom. The molecule has 0 aliphatic rings. The van der Waals surface area contributed by atoms with E-state index in [9.17, 15) is 13.2 Å². The number of hydrogen-bond acceptors (Lipinski definition) is 3. The van der Waals surface area contributed by atoms with E-state index in [0.29, 0.717) is 16.3 Å². The molecule has 0 aliphatic heterocycles. The zero-order valence-corrected chi connectivity index (χ0v) is 14.4. The van der Waals surface area contributed by atoms with Crippen molar-refractivity contribution < 1.29 is 13.2 Å². The summed E-state index contributed by atoms with van der Waals surface area (Å²) in [6.45, 7) is 0. The molecule has 2 aromatic carbocycles.